The third kappa shape index (κ3) is 1.75. The lowest BCUT2D eigenvalue weighted by Gasteiger charge is -2.07. The molecule has 0 bridgehead atoms. The molecule has 2 nitrogen and oxygen atoms in total. The van der Waals surface area contributed by atoms with Gasteiger partial charge in [0.15, 0.2) is 0 Å². The summed E-state index contributed by atoms with van der Waals surface area (Å²) in [6.07, 6.45) is 0.944. The Balaban J connectivity index is 2.09. The Labute approximate surface area is 110 Å². The summed E-state index contributed by atoms with van der Waals surface area (Å²) in [4.78, 5) is 15.9. The Morgan fingerprint density at radius 3 is 2.50 bits per heavy atom. The molecule has 0 aliphatic carbocycles. The average Bonchev–Trinajstić information content (AvgIpc) is 2.78. The van der Waals surface area contributed by atoms with Crippen LogP contribution in [0.2, 0.25) is 5.02 Å². The average molecular weight is 256 g/mol. The molecule has 3 rings (SSSR count). The van der Waals surface area contributed by atoms with E-state index in [1.807, 2.05) is 48.5 Å². The second-order valence-electron chi connectivity index (χ2n) is 4.18. The summed E-state index contributed by atoms with van der Waals surface area (Å²) < 4.78 is 0. The molecule has 2 aromatic carbocycles. The molecule has 0 aromatic heterocycles. The minimum absolute atomic E-state index is 0.276. The van der Waals surface area contributed by atoms with Crippen LogP contribution in [-0.2, 0) is 4.79 Å². The summed E-state index contributed by atoms with van der Waals surface area (Å²) in [5.41, 5.74) is 3.58. The number of benzene rings is 2. The Bertz CT molecular complexity index is 631. The molecule has 0 saturated carbocycles. The Morgan fingerprint density at radius 2 is 1.78 bits per heavy atom. The quantitative estimate of drug-likeness (QED) is 0.752. The number of halogens is 1. The van der Waals surface area contributed by atoms with Crippen molar-refractivity contribution in [2.24, 2.45) is 4.99 Å². The maximum Gasteiger partial charge on any atom is 0.133 e. The van der Waals surface area contributed by atoms with Gasteiger partial charge in [0.25, 0.3) is 0 Å². The molecule has 0 amide bonds. The van der Waals surface area contributed by atoms with Crippen LogP contribution in [0.3, 0.4) is 0 Å². The molecule has 88 valence electrons. The number of carbonyl (C=O) groups excluding carboxylic acids is 1. The number of rotatable bonds is 2. The molecule has 0 spiro atoms. The summed E-state index contributed by atoms with van der Waals surface area (Å²) in [6.45, 7) is 0. The van der Waals surface area contributed by atoms with Crippen molar-refractivity contribution < 1.29 is 4.79 Å². The van der Waals surface area contributed by atoms with E-state index in [9.17, 15) is 4.79 Å². The van der Waals surface area contributed by atoms with Gasteiger partial charge in [0.2, 0.25) is 0 Å². The van der Waals surface area contributed by atoms with Gasteiger partial charge in [-0.2, -0.15) is 0 Å². The summed E-state index contributed by atoms with van der Waals surface area (Å²) in [5.74, 6) is -0.276. The highest BCUT2D eigenvalue weighted by Gasteiger charge is 2.27. The van der Waals surface area contributed by atoms with Crippen molar-refractivity contribution in [1.29, 1.82) is 0 Å². The van der Waals surface area contributed by atoms with Crippen molar-refractivity contribution in [1.82, 2.24) is 0 Å². The maximum atomic E-state index is 11.3. The van der Waals surface area contributed by atoms with Crippen molar-refractivity contribution in [3.05, 3.63) is 64.7 Å². The summed E-state index contributed by atoms with van der Waals surface area (Å²) >= 11 is 5.87. The third-order valence-corrected chi connectivity index (χ3v) is 3.34. The molecule has 0 saturated heterocycles. The van der Waals surface area contributed by atoms with E-state index in [-0.39, 0.29) is 5.92 Å². The number of aldehydes is 1. The van der Waals surface area contributed by atoms with Gasteiger partial charge in [0.1, 0.15) is 6.29 Å². The number of para-hydroxylation sites is 1. The fraction of sp³-hybridized carbons (Fsp3) is 0.0667. The van der Waals surface area contributed by atoms with Gasteiger partial charge in [0, 0.05) is 5.02 Å². The van der Waals surface area contributed by atoms with Crippen LogP contribution in [0.25, 0.3) is 0 Å². The van der Waals surface area contributed by atoms with Gasteiger partial charge < -0.3 is 4.79 Å². The zero-order chi connectivity index (χ0) is 12.5. The van der Waals surface area contributed by atoms with Crippen LogP contribution in [0.1, 0.15) is 17.0 Å². The van der Waals surface area contributed by atoms with Crippen molar-refractivity contribution in [3.8, 4) is 0 Å². The standard InChI is InChI=1S/C15H10ClNO/c16-11-7-5-10(6-8-11)15-13(9-18)12-3-1-2-4-14(12)17-15/h1-9,13H. The molecule has 1 aliphatic rings. The normalized spacial score (nSPS) is 17.2. The van der Waals surface area contributed by atoms with Crippen molar-refractivity contribution in [3.63, 3.8) is 0 Å². The lowest BCUT2D eigenvalue weighted by atomic mass is 9.93. The molecule has 1 aliphatic heterocycles. The molecule has 3 heteroatoms. The highest BCUT2D eigenvalue weighted by Crippen LogP contribution is 2.36. The maximum absolute atomic E-state index is 11.3. The highest BCUT2D eigenvalue weighted by molar-refractivity contribution is 6.30. The van der Waals surface area contributed by atoms with Crippen LogP contribution in [0.15, 0.2) is 53.5 Å². The largest absolute Gasteiger partial charge is 0.302 e. The van der Waals surface area contributed by atoms with Gasteiger partial charge in [-0.15, -0.1) is 0 Å². The predicted octanol–water partition coefficient (Wildman–Crippen LogP) is 3.76. The SMILES string of the molecule is O=CC1C(c2ccc(Cl)cc2)=Nc2ccccc21. The number of fused-ring (bicyclic) bond motifs is 1. The molecule has 0 N–H and O–H groups in total. The summed E-state index contributed by atoms with van der Waals surface area (Å²) in [6, 6.07) is 15.1. The van der Waals surface area contributed by atoms with Crippen LogP contribution in [0.5, 0.6) is 0 Å². The molecule has 1 atom stereocenters. The van der Waals surface area contributed by atoms with E-state index < -0.39 is 0 Å². The molecule has 0 radical (unpaired) electrons. The molecule has 2 aromatic rings. The van der Waals surface area contributed by atoms with Gasteiger partial charge in [-0.1, -0.05) is 41.9 Å². The Kier molecular flexibility index (Phi) is 2.73. The van der Waals surface area contributed by atoms with E-state index >= 15 is 0 Å². The van der Waals surface area contributed by atoms with E-state index in [1.54, 1.807) is 0 Å². The fourth-order valence-corrected chi connectivity index (χ4v) is 2.33. The number of carbonyl (C=O) groups is 1. The first-order valence-corrected chi connectivity index (χ1v) is 6.06. The van der Waals surface area contributed by atoms with E-state index in [1.165, 1.54) is 0 Å². The molecule has 0 fully saturated rings. The van der Waals surface area contributed by atoms with E-state index in [0.29, 0.717) is 5.02 Å². The van der Waals surface area contributed by atoms with E-state index in [4.69, 9.17) is 11.6 Å². The Hall–Kier alpha value is -1.93. The van der Waals surface area contributed by atoms with Crippen LogP contribution in [0, 0.1) is 0 Å². The van der Waals surface area contributed by atoms with Gasteiger partial charge >= 0.3 is 0 Å². The minimum Gasteiger partial charge on any atom is -0.302 e. The lowest BCUT2D eigenvalue weighted by Crippen LogP contribution is -2.10. The number of aliphatic imine (C=N–C) groups is 1. The first kappa shape index (κ1) is 11.2. The zero-order valence-electron chi connectivity index (χ0n) is 9.51. The highest BCUT2D eigenvalue weighted by atomic mass is 35.5. The van der Waals surface area contributed by atoms with Crippen molar-refractivity contribution >= 4 is 29.3 Å². The van der Waals surface area contributed by atoms with Gasteiger partial charge in [0.05, 0.1) is 17.3 Å². The second kappa shape index (κ2) is 4.39. The second-order valence-corrected chi connectivity index (χ2v) is 4.61. The number of nitrogens with zero attached hydrogens (tertiary/aromatic N) is 1. The van der Waals surface area contributed by atoms with Crippen LogP contribution in [-0.4, -0.2) is 12.0 Å². The Morgan fingerprint density at radius 1 is 1.06 bits per heavy atom. The minimum atomic E-state index is -0.276. The topological polar surface area (TPSA) is 29.4 Å². The lowest BCUT2D eigenvalue weighted by molar-refractivity contribution is -0.107. The monoisotopic (exact) mass is 255 g/mol. The van der Waals surface area contributed by atoms with Gasteiger partial charge in [-0.25, -0.2) is 0 Å². The molecular weight excluding hydrogens is 246 g/mol. The third-order valence-electron chi connectivity index (χ3n) is 3.08. The molecule has 1 heterocycles. The van der Waals surface area contributed by atoms with Crippen LogP contribution < -0.4 is 0 Å². The predicted molar refractivity (Wildman–Crippen MR) is 72.9 cm³/mol. The van der Waals surface area contributed by atoms with Gasteiger partial charge in [-0.05, 0) is 29.3 Å². The molecule has 18 heavy (non-hydrogen) atoms. The molecule has 1 unspecified atom stereocenters. The van der Waals surface area contributed by atoms with Crippen molar-refractivity contribution in [2.45, 2.75) is 5.92 Å². The van der Waals surface area contributed by atoms with Crippen LogP contribution >= 0.6 is 11.6 Å². The number of hydrogen-bond acceptors (Lipinski definition) is 2. The van der Waals surface area contributed by atoms with Gasteiger partial charge in [-0.3, -0.25) is 4.99 Å². The van der Waals surface area contributed by atoms with Crippen LogP contribution in [0.4, 0.5) is 5.69 Å². The van der Waals surface area contributed by atoms with Crippen molar-refractivity contribution in [2.75, 3.05) is 0 Å². The first-order chi connectivity index (χ1) is 8.79. The van der Waals surface area contributed by atoms with E-state index in [2.05, 4.69) is 4.99 Å². The fourth-order valence-electron chi connectivity index (χ4n) is 2.20. The summed E-state index contributed by atoms with van der Waals surface area (Å²) in [5, 5.41) is 0.678. The smallest absolute Gasteiger partial charge is 0.133 e. The number of hydrogen-bond donors (Lipinski definition) is 0. The zero-order valence-corrected chi connectivity index (χ0v) is 10.3. The van der Waals surface area contributed by atoms with E-state index in [0.717, 1.165) is 28.8 Å². The first-order valence-electron chi connectivity index (χ1n) is 5.68. The summed E-state index contributed by atoms with van der Waals surface area (Å²) in [7, 11) is 0. The molecular formula is C15H10ClNO.